The number of furan rings is 1. The van der Waals surface area contributed by atoms with Crippen LogP contribution in [-0.2, 0) is 47.7 Å². The van der Waals surface area contributed by atoms with Crippen LogP contribution in [-0.4, -0.2) is 98.1 Å². The van der Waals surface area contributed by atoms with E-state index in [1.54, 1.807) is 20.8 Å². The smallest absolute Gasteiger partial charge is 0.333 e. The van der Waals surface area contributed by atoms with Gasteiger partial charge in [-0.15, -0.1) is 0 Å². The van der Waals surface area contributed by atoms with E-state index in [1.807, 2.05) is 0 Å². The van der Waals surface area contributed by atoms with Crippen LogP contribution in [0.4, 0.5) is 0 Å². The van der Waals surface area contributed by atoms with Crippen LogP contribution >= 0.6 is 0 Å². The SMILES string of the molecule is C/C=C(\C)C(=O)O[C@@H]1[C@]2(O)[C@@H](OC(=O)/C(C)=C/C)[C@@]3(C)CC2(O)[C@](C)([C@H]3CC(=O)OC)[C@@]2(O)C[C@H](OC(C)=O)[C@]3(C)C(=CC(=O)O[C@H]3c3ccoc3)[C@@]12O. The van der Waals surface area contributed by atoms with E-state index in [2.05, 4.69) is 0 Å². The second-order valence-electron chi connectivity index (χ2n) is 16.1. The van der Waals surface area contributed by atoms with Gasteiger partial charge in [-0.3, -0.25) is 9.59 Å². The van der Waals surface area contributed by atoms with E-state index in [-0.39, 0.29) is 22.3 Å². The van der Waals surface area contributed by atoms with Crippen LogP contribution in [0.25, 0.3) is 0 Å². The Kier molecular flexibility index (Phi) is 9.01. The molecule has 4 saturated carbocycles. The number of carbonyl (C=O) groups excluding carboxylic acids is 5. The number of fused-ring (bicyclic) bond motifs is 5. The first-order valence-corrected chi connectivity index (χ1v) is 17.8. The Balaban J connectivity index is 1.76. The largest absolute Gasteiger partial charge is 0.472 e. The zero-order valence-electron chi connectivity index (χ0n) is 31.8. The fourth-order valence-electron chi connectivity index (χ4n) is 11.0. The van der Waals surface area contributed by atoms with Gasteiger partial charge in [0.25, 0.3) is 0 Å². The zero-order chi connectivity index (χ0) is 40.2. The van der Waals surface area contributed by atoms with Crippen LogP contribution in [0.3, 0.4) is 0 Å². The molecule has 1 aliphatic heterocycles. The third kappa shape index (κ3) is 4.52. The lowest BCUT2D eigenvalue weighted by Crippen LogP contribution is -2.93. The van der Waals surface area contributed by atoms with E-state index in [4.69, 9.17) is 28.1 Å². The van der Waals surface area contributed by atoms with E-state index in [0.29, 0.717) is 0 Å². The maximum atomic E-state index is 13.9. The highest BCUT2D eigenvalue weighted by atomic mass is 16.6. The van der Waals surface area contributed by atoms with E-state index < -0.39 is 118 Å². The zero-order valence-corrected chi connectivity index (χ0v) is 31.8. The molecule has 2 bridgehead atoms. The highest BCUT2D eigenvalue weighted by molar-refractivity contribution is 5.89. The van der Waals surface area contributed by atoms with Gasteiger partial charge in [0.15, 0.2) is 17.3 Å². The minimum absolute atomic E-state index is 0.00646. The topological polar surface area (TPSA) is 226 Å². The summed E-state index contributed by atoms with van der Waals surface area (Å²) in [6.07, 6.45) is -2.32. The van der Waals surface area contributed by atoms with Crippen molar-refractivity contribution in [3.63, 3.8) is 0 Å². The number of rotatable bonds is 8. The molecule has 15 heteroatoms. The Morgan fingerprint density at radius 1 is 0.907 bits per heavy atom. The van der Waals surface area contributed by atoms with Crippen molar-refractivity contribution in [2.45, 2.75) is 121 Å². The molecule has 0 radical (unpaired) electrons. The molecule has 294 valence electrons. The van der Waals surface area contributed by atoms with Gasteiger partial charge in [0.1, 0.15) is 29.5 Å². The van der Waals surface area contributed by atoms with Gasteiger partial charge in [0.2, 0.25) is 0 Å². The number of allylic oxidation sites excluding steroid dienone is 2. The predicted molar refractivity (Wildman–Crippen MR) is 183 cm³/mol. The quantitative estimate of drug-likeness (QED) is 0.170. The Morgan fingerprint density at radius 2 is 1.50 bits per heavy atom. The molecule has 54 heavy (non-hydrogen) atoms. The van der Waals surface area contributed by atoms with Crippen molar-refractivity contribution in [3.8, 4) is 0 Å². The molecule has 12 atom stereocenters. The van der Waals surface area contributed by atoms with Crippen LogP contribution in [0.5, 0.6) is 0 Å². The third-order valence-electron chi connectivity index (χ3n) is 13.8. The maximum absolute atomic E-state index is 13.9. The predicted octanol–water partition coefficient (Wildman–Crippen LogP) is 2.45. The van der Waals surface area contributed by atoms with Gasteiger partial charge in [-0.2, -0.15) is 0 Å². The number of methoxy groups -OCH3 is 1. The summed E-state index contributed by atoms with van der Waals surface area (Å²) in [6.45, 7) is 11.6. The number of cyclic esters (lactones) is 1. The minimum Gasteiger partial charge on any atom is -0.472 e. The van der Waals surface area contributed by atoms with Crippen LogP contribution in [0, 0.1) is 22.2 Å². The van der Waals surface area contributed by atoms with Gasteiger partial charge in [-0.05, 0) is 58.6 Å². The molecule has 5 aliphatic rings. The second-order valence-corrected chi connectivity index (χ2v) is 16.1. The highest BCUT2D eigenvalue weighted by Gasteiger charge is 2.98. The first-order valence-electron chi connectivity index (χ1n) is 17.8. The molecule has 4 aliphatic carbocycles. The van der Waals surface area contributed by atoms with Crippen molar-refractivity contribution in [2.75, 3.05) is 7.11 Å². The van der Waals surface area contributed by atoms with Gasteiger partial charge >= 0.3 is 29.8 Å². The number of esters is 5. The van der Waals surface area contributed by atoms with Gasteiger partial charge in [-0.1, -0.05) is 26.0 Å². The Hall–Kier alpha value is -4.31. The molecule has 0 saturated heterocycles. The van der Waals surface area contributed by atoms with Gasteiger partial charge in [0, 0.05) is 53.4 Å². The molecule has 1 unspecified atom stereocenters. The lowest BCUT2D eigenvalue weighted by atomic mass is 9.34. The minimum atomic E-state index is -3.07. The van der Waals surface area contributed by atoms with Gasteiger partial charge in [0.05, 0.1) is 25.1 Å². The van der Waals surface area contributed by atoms with Gasteiger partial charge < -0.3 is 48.5 Å². The molecule has 4 fully saturated rings. The van der Waals surface area contributed by atoms with E-state index >= 15 is 0 Å². The summed E-state index contributed by atoms with van der Waals surface area (Å²) in [5, 5.41) is 54.3. The molecule has 4 N–H and O–H groups in total. The second kappa shape index (κ2) is 12.4. The molecule has 2 heterocycles. The Morgan fingerprint density at radius 3 is 2.02 bits per heavy atom. The molecule has 1 aromatic heterocycles. The van der Waals surface area contributed by atoms with Crippen molar-refractivity contribution in [1.29, 1.82) is 0 Å². The maximum Gasteiger partial charge on any atom is 0.333 e. The summed E-state index contributed by atoms with van der Waals surface area (Å²) in [5.41, 5.74) is -17.0. The first-order chi connectivity index (χ1) is 25.0. The normalized spacial score (nSPS) is 43.6. The summed E-state index contributed by atoms with van der Waals surface area (Å²) >= 11 is 0. The number of ether oxygens (including phenoxy) is 5. The van der Waals surface area contributed by atoms with Crippen LogP contribution in [0.2, 0.25) is 0 Å². The molecule has 0 spiro atoms. The fraction of sp³-hybridized carbons (Fsp3) is 0.615. The van der Waals surface area contributed by atoms with Crippen LogP contribution in [0.15, 0.2) is 58.0 Å². The van der Waals surface area contributed by atoms with E-state index in [1.165, 1.54) is 58.4 Å². The molecule has 0 amide bonds. The number of hydrogen-bond acceptors (Lipinski definition) is 15. The number of carbonyl (C=O) groups is 5. The average Bonchev–Trinajstić information content (AvgIpc) is 3.76. The lowest BCUT2D eigenvalue weighted by Gasteiger charge is -2.75. The summed E-state index contributed by atoms with van der Waals surface area (Å²) < 4.78 is 34.3. The van der Waals surface area contributed by atoms with E-state index in [9.17, 15) is 44.4 Å². The third-order valence-corrected chi connectivity index (χ3v) is 13.8. The molecule has 6 rings (SSSR count). The average molecular weight is 757 g/mol. The Labute approximate surface area is 311 Å². The summed E-state index contributed by atoms with van der Waals surface area (Å²) in [5.74, 6) is -5.88. The molecular formula is C39H48O15. The van der Waals surface area contributed by atoms with Crippen molar-refractivity contribution < 1.29 is 72.5 Å². The van der Waals surface area contributed by atoms with Crippen molar-refractivity contribution >= 4 is 29.8 Å². The fourth-order valence-corrected chi connectivity index (χ4v) is 11.0. The van der Waals surface area contributed by atoms with Crippen molar-refractivity contribution in [1.82, 2.24) is 0 Å². The number of hydrogen-bond donors (Lipinski definition) is 4. The number of aliphatic hydroxyl groups is 4. The van der Waals surface area contributed by atoms with Crippen LogP contribution in [0.1, 0.15) is 86.3 Å². The monoisotopic (exact) mass is 756 g/mol. The molecule has 15 nitrogen and oxygen atoms in total. The van der Waals surface area contributed by atoms with Crippen molar-refractivity contribution in [2.24, 2.45) is 22.2 Å². The van der Waals surface area contributed by atoms with Crippen LogP contribution < -0.4 is 0 Å². The first kappa shape index (κ1) is 39.4. The lowest BCUT2D eigenvalue weighted by molar-refractivity contribution is -0.418. The Bertz CT molecular complexity index is 1900. The van der Waals surface area contributed by atoms with E-state index in [0.717, 1.165) is 20.1 Å². The molecule has 0 aromatic carbocycles. The standard InChI is InChI=1S/C39H48O15/c1-10-19(3)29(43)53-31-33(6)18-37(46)35(8,23(33)14-26(41)49-9)36(45)16-25(51-21(5)40)34(7)24(15-27(42)52-28(34)22-12-13-50-17-22)38(36,47)32(39(31,37)48)54-30(44)20(4)11-2/h10-13,15,17,23,25,28,31-32,45-48H,14,16,18H2,1-9H3/b19-10+,20-11+/t23-,25-,28-,31-,32-,33-,34-,35+,36-,37?,38+,39+/m0/s1. The molecular weight excluding hydrogens is 708 g/mol. The van der Waals surface area contributed by atoms with Gasteiger partial charge in [-0.25, -0.2) is 14.4 Å². The molecule has 1 aromatic rings. The highest BCUT2D eigenvalue weighted by Crippen LogP contribution is 2.83. The summed E-state index contributed by atoms with van der Waals surface area (Å²) in [4.78, 5) is 67.3. The summed E-state index contributed by atoms with van der Waals surface area (Å²) in [7, 11) is 1.14. The van der Waals surface area contributed by atoms with Crippen molar-refractivity contribution in [3.05, 3.63) is 59.1 Å². The summed E-state index contributed by atoms with van der Waals surface area (Å²) in [6, 6.07) is 1.49.